The van der Waals surface area contributed by atoms with Crippen LogP contribution in [0.3, 0.4) is 0 Å². The lowest BCUT2D eigenvalue weighted by molar-refractivity contribution is 0.400. The number of allylic oxidation sites excluding steroid dienone is 1. The van der Waals surface area contributed by atoms with Gasteiger partial charge >= 0.3 is 0 Å². The highest BCUT2D eigenvalue weighted by Gasteiger charge is 1.96. The molecule has 1 rings (SSSR count). The van der Waals surface area contributed by atoms with Crippen LogP contribution in [0.4, 0.5) is 0 Å². The largest absolute Gasteiger partial charge is 0.401 e. The van der Waals surface area contributed by atoms with Gasteiger partial charge in [-0.15, -0.1) is 0 Å². The molecule has 1 aromatic carbocycles. The van der Waals surface area contributed by atoms with Gasteiger partial charge in [-0.3, -0.25) is 0 Å². The number of hydrogen-bond acceptors (Lipinski definition) is 4. The Morgan fingerprint density at radius 2 is 1.82 bits per heavy atom. The lowest BCUT2D eigenvalue weighted by Gasteiger charge is -2.13. The van der Waals surface area contributed by atoms with Crippen molar-refractivity contribution in [3.05, 3.63) is 47.8 Å². The summed E-state index contributed by atoms with van der Waals surface area (Å²) in [5.41, 5.74) is 13.1. The smallest absolute Gasteiger partial charge is 0.0458 e. The molecule has 0 radical (unpaired) electrons. The highest BCUT2D eigenvalue weighted by Crippen LogP contribution is 2.03. The molecule has 4 nitrogen and oxygen atoms in total. The molecular weight excluding hydrogens is 212 g/mol. The Bertz CT molecular complexity index is 308. The summed E-state index contributed by atoms with van der Waals surface area (Å²) in [6.45, 7) is 5.13. The highest BCUT2D eigenvalue weighted by molar-refractivity contribution is 5.20. The van der Waals surface area contributed by atoms with E-state index >= 15 is 0 Å². The van der Waals surface area contributed by atoms with Crippen molar-refractivity contribution in [1.29, 1.82) is 0 Å². The van der Waals surface area contributed by atoms with Gasteiger partial charge in [0.2, 0.25) is 0 Å². The van der Waals surface area contributed by atoms with E-state index in [1.807, 2.05) is 44.2 Å². The number of benzene rings is 1. The summed E-state index contributed by atoms with van der Waals surface area (Å²) in [4.78, 5) is 0. The average molecular weight is 236 g/mol. The Labute approximate surface area is 104 Å². The van der Waals surface area contributed by atoms with Crippen molar-refractivity contribution in [2.75, 3.05) is 13.1 Å². The van der Waals surface area contributed by atoms with Crippen LogP contribution in [0.15, 0.2) is 42.2 Å². The van der Waals surface area contributed by atoms with Crippen LogP contribution in [0, 0.1) is 0 Å². The van der Waals surface area contributed by atoms with Crippen molar-refractivity contribution in [2.24, 2.45) is 17.3 Å². The Morgan fingerprint density at radius 3 is 2.35 bits per heavy atom. The van der Waals surface area contributed by atoms with Gasteiger partial charge in [-0.1, -0.05) is 44.2 Å². The second-order valence-electron chi connectivity index (χ2n) is 3.39. The predicted octanol–water partition coefficient (Wildman–Crippen LogP) is 1.19. The minimum absolute atomic E-state index is 0.519. The SMILES string of the molecule is CC.NCCN(N)/C=C(\N)Cc1ccccc1. The molecule has 17 heavy (non-hydrogen) atoms. The summed E-state index contributed by atoms with van der Waals surface area (Å²) < 4.78 is 0. The summed E-state index contributed by atoms with van der Waals surface area (Å²) in [7, 11) is 0. The maximum atomic E-state index is 5.84. The van der Waals surface area contributed by atoms with Gasteiger partial charge in [0.25, 0.3) is 0 Å². The van der Waals surface area contributed by atoms with E-state index in [1.165, 1.54) is 10.6 Å². The van der Waals surface area contributed by atoms with E-state index in [4.69, 9.17) is 17.3 Å². The van der Waals surface area contributed by atoms with Crippen molar-refractivity contribution in [3.63, 3.8) is 0 Å². The Kier molecular flexibility index (Phi) is 8.82. The molecule has 6 N–H and O–H groups in total. The number of nitrogens with two attached hydrogens (primary N) is 3. The predicted molar refractivity (Wildman–Crippen MR) is 73.7 cm³/mol. The first-order valence-corrected chi connectivity index (χ1v) is 5.94. The van der Waals surface area contributed by atoms with Crippen LogP contribution < -0.4 is 17.3 Å². The lowest BCUT2D eigenvalue weighted by atomic mass is 10.1. The second kappa shape index (κ2) is 9.69. The van der Waals surface area contributed by atoms with Gasteiger partial charge in [0, 0.05) is 31.4 Å². The van der Waals surface area contributed by atoms with E-state index in [0.29, 0.717) is 19.5 Å². The van der Waals surface area contributed by atoms with Gasteiger partial charge in [0.05, 0.1) is 0 Å². The maximum absolute atomic E-state index is 5.84. The van der Waals surface area contributed by atoms with Crippen LogP contribution in [0.5, 0.6) is 0 Å². The van der Waals surface area contributed by atoms with Crippen LogP contribution in [0.1, 0.15) is 19.4 Å². The molecule has 0 aromatic heterocycles. The van der Waals surface area contributed by atoms with Gasteiger partial charge in [0.1, 0.15) is 0 Å². The summed E-state index contributed by atoms with van der Waals surface area (Å²) in [5.74, 6) is 5.64. The van der Waals surface area contributed by atoms with Gasteiger partial charge in [-0.25, -0.2) is 5.84 Å². The molecule has 0 atom stereocenters. The summed E-state index contributed by atoms with van der Waals surface area (Å²) in [6, 6.07) is 10.0. The standard InChI is InChI=1S/C11H18N4.C2H6/c12-6-7-15(14)9-11(13)8-10-4-2-1-3-5-10;1-2/h1-5,9H,6-8,12-14H2;1-2H3/b11-9-;. The Morgan fingerprint density at radius 1 is 1.24 bits per heavy atom. The minimum atomic E-state index is 0.519. The fourth-order valence-corrected chi connectivity index (χ4v) is 1.30. The summed E-state index contributed by atoms with van der Waals surface area (Å²) in [5, 5.41) is 1.51. The number of hydrogen-bond donors (Lipinski definition) is 3. The zero-order chi connectivity index (χ0) is 13.1. The molecule has 0 heterocycles. The molecule has 1 aromatic rings. The monoisotopic (exact) mass is 236 g/mol. The molecule has 0 spiro atoms. The summed E-state index contributed by atoms with van der Waals surface area (Å²) >= 11 is 0. The molecule has 0 saturated carbocycles. The zero-order valence-corrected chi connectivity index (χ0v) is 10.8. The number of hydrazine groups is 1. The third-order valence-electron chi connectivity index (χ3n) is 1.97. The van der Waals surface area contributed by atoms with Crippen LogP contribution >= 0.6 is 0 Å². The van der Waals surface area contributed by atoms with E-state index in [2.05, 4.69) is 0 Å². The lowest BCUT2D eigenvalue weighted by Crippen LogP contribution is -2.31. The molecule has 0 saturated heterocycles. The van der Waals surface area contributed by atoms with Crippen molar-refractivity contribution in [2.45, 2.75) is 20.3 Å². The molecule has 96 valence electrons. The molecular formula is C13H24N4. The topological polar surface area (TPSA) is 81.3 Å². The molecule has 0 bridgehead atoms. The molecule has 0 unspecified atom stereocenters. The molecule has 0 aliphatic carbocycles. The third-order valence-corrected chi connectivity index (χ3v) is 1.97. The highest BCUT2D eigenvalue weighted by atomic mass is 15.4. The fraction of sp³-hybridized carbons (Fsp3) is 0.385. The molecule has 4 heteroatoms. The molecule has 0 aliphatic heterocycles. The van der Waals surface area contributed by atoms with E-state index in [-0.39, 0.29) is 0 Å². The van der Waals surface area contributed by atoms with E-state index < -0.39 is 0 Å². The average Bonchev–Trinajstić information content (AvgIpc) is 2.33. The Balaban J connectivity index is 0.00000121. The van der Waals surface area contributed by atoms with Crippen LogP contribution in [0.25, 0.3) is 0 Å². The minimum Gasteiger partial charge on any atom is -0.401 e. The normalized spacial score (nSPS) is 10.5. The van der Waals surface area contributed by atoms with Gasteiger partial charge in [-0.05, 0) is 5.56 Å². The molecule has 0 amide bonds. The van der Waals surface area contributed by atoms with Crippen molar-refractivity contribution < 1.29 is 0 Å². The van der Waals surface area contributed by atoms with Crippen molar-refractivity contribution in [3.8, 4) is 0 Å². The molecule has 0 fully saturated rings. The Hall–Kier alpha value is -1.52. The summed E-state index contributed by atoms with van der Waals surface area (Å²) in [6.07, 6.45) is 2.43. The van der Waals surface area contributed by atoms with E-state index in [1.54, 1.807) is 6.20 Å². The van der Waals surface area contributed by atoms with E-state index in [9.17, 15) is 0 Å². The quantitative estimate of drug-likeness (QED) is 0.530. The zero-order valence-electron chi connectivity index (χ0n) is 10.8. The first-order valence-electron chi connectivity index (χ1n) is 5.94. The maximum Gasteiger partial charge on any atom is 0.0458 e. The first-order chi connectivity index (χ1) is 8.22. The molecule has 0 aliphatic rings. The van der Waals surface area contributed by atoms with Gasteiger partial charge in [0.15, 0.2) is 0 Å². The number of nitrogens with zero attached hydrogens (tertiary/aromatic N) is 1. The van der Waals surface area contributed by atoms with Crippen LogP contribution in [-0.2, 0) is 6.42 Å². The van der Waals surface area contributed by atoms with Crippen LogP contribution in [-0.4, -0.2) is 18.1 Å². The van der Waals surface area contributed by atoms with Gasteiger partial charge in [-0.2, -0.15) is 0 Å². The van der Waals surface area contributed by atoms with Gasteiger partial charge < -0.3 is 16.5 Å². The second-order valence-corrected chi connectivity index (χ2v) is 3.39. The fourth-order valence-electron chi connectivity index (χ4n) is 1.30. The first kappa shape index (κ1) is 15.5. The van der Waals surface area contributed by atoms with E-state index in [0.717, 1.165) is 5.70 Å². The van der Waals surface area contributed by atoms with Crippen molar-refractivity contribution in [1.82, 2.24) is 5.01 Å². The van der Waals surface area contributed by atoms with Crippen molar-refractivity contribution >= 4 is 0 Å². The number of rotatable bonds is 5. The third kappa shape index (κ3) is 7.38. The van der Waals surface area contributed by atoms with Crippen LogP contribution in [0.2, 0.25) is 0 Å².